The molecular weight excluding hydrogens is 581 g/mol. The summed E-state index contributed by atoms with van der Waals surface area (Å²) >= 11 is 6.46. The predicted molar refractivity (Wildman–Crippen MR) is 180 cm³/mol. The van der Waals surface area contributed by atoms with E-state index in [1.165, 1.54) is 25.1 Å². The van der Waals surface area contributed by atoms with E-state index < -0.39 is 7.14 Å². The zero-order valence-electron chi connectivity index (χ0n) is 25.6. The number of carbonyl (C=O) groups is 1. The van der Waals surface area contributed by atoms with Crippen LogP contribution in [-0.4, -0.2) is 67.3 Å². The van der Waals surface area contributed by atoms with E-state index >= 15 is 0 Å². The van der Waals surface area contributed by atoms with E-state index in [1.54, 1.807) is 13.3 Å². The number of aromatic nitrogens is 2. The second-order valence-electron chi connectivity index (χ2n) is 12.4. The monoisotopic (exact) mass is 621 g/mol. The van der Waals surface area contributed by atoms with Gasteiger partial charge in [-0.25, -0.2) is 4.98 Å². The van der Waals surface area contributed by atoms with Gasteiger partial charge in [0.05, 0.1) is 23.3 Å². The molecule has 2 aliphatic rings. The zero-order valence-corrected chi connectivity index (χ0v) is 27.2. The molecule has 1 spiro atoms. The van der Waals surface area contributed by atoms with Gasteiger partial charge < -0.3 is 30.3 Å². The molecule has 3 aromatic rings. The minimum atomic E-state index is -2.54. The van der Waals surface area contributed by atoms with Crippen molar-refractivity contribution in [1.29, 1.82) is 0 Å². The number of piperidine rings is 1. The van der Waals surface area contributed by atoms with E-state index in [0.29, 0.717) is 44.9 Å². The van der Waals surface area contributed by atoms with Gasteiger partial charge in [-0.2, -0.15) is 4.98 Å². The summed E-state index contributed by atoms with van der Waals surface area (Å²) in [5.74, 6) is 0.455. The molecule has 2 heterocycles. The molecule has 5 rings (SSSR count). The van der Waals surface area contributed by atoms with Crippen LogP contribution in [0.5, 0.6) is 0 Å². The van der Waals surface area contributed by atoms with Gasteiger partial charge in [0, 0.05) is 30.1 Å². The van der Waals surface area contributed by atoms with Crippen LogP contribution in [0.2, 0.25) is 5.02 Å². The van der Waals surface area contributed by atoms with Crippen LogP contribution in [0, 0.1) is 12.3 Å². The highest BCUT2D eigenvalue weighted by Gasteiger charge is 2.46. The third-order valence-electron chi connectivity index (χ3n) is 8.75. The van der Waals surface area contributed by atoms with Crippen molar-refractivity contribution in [2.24, 2.45) is 5.41 Å². The number of aryl methyl sites for hydroxylation is 1. The Bertz CT molecular complexity index is 1570. The summed E-state index contributed by atoms with van der Waals surface area (Å²) in [6.07, 6.45) is 7.61. The van der Waals surface area contributed by atoms with E-state index in [2.05, 4.69) is 62.5 Å². The summed E-state index contributed by atoms with van der Waals surface area (Å²) in [4.78, 5) is 26.2. The lowest BCUT2D eigenvalue weighted by atomic mass is 9.60. The van der Waals surface area contributed by atoms with Gasteiger partial charge in [0.15, 0.2) is 5.82 Å². The normalized spacial score (nSPS) is 16.6. The van der Waals surface area contributed by atoms with Gasteiger partial charge in [0.1, 0.15) is 12.2 Å². The smallest absolute Gasteiger partial charge is 0.247 e. The summed E-state index contributed by atoms with van der Waals surface area (Å²) in [5.41, 5.74) is 4.56. The lowest BCUT2D eigenvalue weighted by molar-refractivity contribution is -0.111. The molecule has 0 bridgehead atoms. The van der Waals surface area contributed by atoms with Crippen LogP contribution >= 0.6 is 18.7 Å². The average molecular weight is 622 g/mol. The summed E-state index contributed by atoms with van der Waals surface area (Å²) in [5, 5.41) is 10.6. The molecule has 43 heavy (non-hydrogen) atoms. The first-order valence-corrected chi connectivity index (χ1v) is 17.6. The molecule has 1 saturated heterocycles. The molecule has 228 valence electrons. The van der Waals surface area contributed by atoms with Crippen molar-refractivity contribution in [3.63, 3.8) is 0 Å². The maximum absolute atomic E-state index is 12.9. The molecule has 9 nitrogen and oxygen atoms in total. The van der Waals surface area contributed by atoms with Crippen molar-refractivity contribution in [3.05, 3.63) is 65.8 Å². The zero-order chi connectivity index (χ0) is 30.9. The van der Waals surface area contributed by atoms with Crippen molar-refractivity contribution < 1.29 is 9.36 Å². The van der Waals surface area contributed by atoms with Crippen molar-refractivity contribution in [2.45, 2.75) is 38.6 Å². The van der Waals surface area contributed by atoms with E-state index in [4.69, 9.17) is 11.6 Å². The number of para-hydroxylation sites is 1. The number of hydrogen-bond donors (Lipinski definition) is 3. The van der Waals surface area contributed by atoms with Gasteiger partial charge in [0.25, 0.3) is 0 Å². The molecule has 11 heteroatoms. The predicted octanol–water partition coefficient (Wildman–Crippen LogP) is 6.61. The Morgan fingerprint density at radius 1 is 1.12 bits per heavy atom. The van der Waals surface area contributed by atoms with E-state index in [-0.39, 0.29) is 5.91 Å². The number of nitrogens with zero attached hydrogens (tertiary/aromatic N) is 4. The molecule has 3 N–H and O–H groups in total. The van der Waals surface area contributed by atoms with Gasteiger partial charge in [-0.1, -0.05) is 30.3 Å². The van der Waals surface area contributed by atoms with Gasteiger partial charge in [-0.05, 0) is 101 Å². The highest BCUT2D eigenvalue weighted by atomic mass is 35.5. The maximum atomic E-state index is 12.9. The lowest BCUT2D eigenvalue weighted by Crippen LogP contribution is -2.53. The third-order valence-corrected chi connectivity index (χ3v) is 10.6. The number of amides is 1. The largest absolute Gasteiger partial charge is 0.370 e. The van der Waals surface area contributed by atoms with Crippen LogP contribution in [-0.2, 0) is 9.36 Å². The van der Waals surface area contributed by atoms with Crippen LogP contribution in [0.25, 0.3) is 0 Å². The molecule has 2 fully saturated rings. The number of hydrogen-bond acceptors (Lipinski definition) is 8. The van der Waals surface area contributed by atoms with Crippen LogP contribution in [0.4, 0.5) is 34.5 Å². The minimum Gasteiger partial charge on any atom is -0.370 e. The minimum absolute atomic E-state index is 0.269. The first kappa shape index (κ1) is 31.0. The quantitative estimate of drug-likeness (QED) is 0.181. The SMILES string of the molecule is C=CC(=O)Nc1cc(Nc2ncc(Cl)c(Nc3ccccc3P(C)(C)=O)n2)c(C)cc1N1CCC2(CC1)CC(N(C)C)C2. The van der Waals surface area contributed by atoms with Crippen molar-refractivity contribution in [3.8, 4) is 0 Å². The van der Waals surface area contributed by atoms with Crippen LogP contribution < -0.4 is 26.2 Å². The Hall–Kier alpha value is -3.39. The fraction of sp³-hybridized carbons (Fsp3) is 0.406. The molecule has 1 saturated carbocycles. The number of halogens is 1. The third kappa shape index (κ3) is 6.90. The first-order valence-electron chi connectivity index (χ1n) is 14.6. The Kier molecular flexibility index (Phi) is 8.89. The molecule has 1 amide bonds. The molecule has 1 aromatic heterocycles. The highest BCUT2D eigenvalue weighted by Crippen LogP contribution is 2.51. The second-order valence-corrected chi connectivity index (χ2v) is 16.0. The van der Waals surface area contributed by atoms with Crippen molar-refractivity contribution in [1.82, 2.24) is 14.9 Å². The Morgan fingerprint density at radius 3 is 2.47 bits per heavy atom. The number of nitrogens with one attached hydrogen (secondary N) is 3. The molecule has 0 atom stereocenters. The van der Waals surface area contributed by atoms with E-state index in [1.807, 2.05) is 37.3 Å². The van der Waals surface area contributed by atoms with Gasteiger partial charge in [-0.3, -0.25) is 4.79 Å². The maximum Gasteiger partial charge on any atom is 0.247 e. The Labute approximate surface area is 259 Å². The fourth-order valence-electron chi connectivity index (χ4n) is 6.12. The molecule has 0 radical (unpaired) electrons. The number of carbonyl (C=O) groups excluding carboxylic acids is 1. The lowest BCUT2D eigenvalue weighted by Gasteiger charge is -2.54. The summed E-state index contributed by atoms with van der Waals surface area (Å²) < 4.78 is 12.9. The standard InChI is InChI=1S/C32H41ClN7O2P/c1-7-29(41)35-26-17-25(21(2)16-27(26)40-14-12-32(13-15-40)18-22(19-32)39(3)4)37-31-34-20-23(33)30(38-31)36-24-10-8-9-11-28(24)43(5,6)42/h7-11,16-17,20,22H,1,12-15,18-19H2,2-6H3,(H,35,41)(H2,34,36,37,38). The fourth-order valence-corrected chi connectivity index (χ4v) is 7.41. The van der Waals surface area contributed by atoms with E-state index in [9.17, 15) is 9.36 Å². The van der Waals surface area contributed by atoms with Gasteiger partial charge >= 0.3 is 0 Å². The number of rotatable bonds is 9. The van der Waals surface area contributed by atoms with E-state index in [0.717, 1.165) is 42.9 Å². The number of benzene rings is 2. The molecule has 2 aromatic carbocycles. The number of anilines is 6. The molecule has 1 aliphatic carbocycles. The topological polar surface area (TPSA) is 102 Å². The Balaban J connectivity index is 1.38. The van der Waals surface area contributed by atoms with Gasteiger partial charge in [-0.15, -0.1) is 0 Å². The summed E-state index contributed by atoms with van der Waals surface area (Å²) in [6.45, 7) is 11.0. The highest BCUT2D eigenvalue weighted by molar-refractivity contribution is 7.70. The molecular formula is C32H41ClN7O2P. The molecule has 1 aliphatic heterocycles. The van der Waals surface area contributed by atoms with Crippen LogP contribution in [0.15, 0.2) is 55.3 Å². The summed E-state index contributed by atoms with van der Waals surface area (Å²) in [7, 11) is 1.79. The van der Waals surface area contributed by atoms with Gasteiger partial charge in [0.2, 0.25) is 11.9 Å². The second kappa shape index (κ2) is 12.3. The average Bonchev–Trinajstić information content (AvgIpc) is 2.94. The molecule has 0 unspecified atom stereocenters. The van der Waals surface area contributed by atoms with Crippen molar-refractivity contribution in [2.75, 3.05) is 61.4 Å². The Morgan fingerprint density at radius 2 is 1.81 bits per heavy atom. The van der Waals surface area contributed by atoms with Crippen LogP contribution in [0.1, 0.15) is 31.2 Å². The van der Waals surface area contributed by atoms with Crippen LogP contribution in [0.3, 0.4) is 0 Å². The first-order chi connectivity index (χ1) is 20.4. The van der Waals surface area contributed by atoms with Crippen molar-refractivity contribution >= 4 is 64.5 Å². The summed E-state index contributed by atoms with van der Waals surface area (Å²) in [6, 6.07) is 12.1.